The van der Waals surface area contributed by atoms with Gasteiger partial charge in [-0.05, 0) is 5.56 Å². The molecule has 1 unspecified atom stereocenters. The lowest BCUT2D eigenvalue weighted by molar-refractivity contribution is -0.119. The molecule has 7 nitrogen and oxygen atoms in total. The summed E-state index contributed by atoms with van der Waals surface area (Å²) in [7, 11) is 0. The topological polar surface area (TPSA) is 108 Å². The molecule has 0 fully saturated rings. The lowest BCUT2D eigenvalue weighted by atomic mass is 10.1. The van der Waals surface area contributed by atoms with Gasteiger partial charge in [0.2, 0.25) is 5.91 Å². The predicted molar refractivity (Wildman–Crippen MR) is 76.1 cm³/mol. The second-order valence-electron chi connectivity index (χ2n) is 4.38. The average molecular weight is 287 g/mol. The van der Waals surface area contributed by atoms with Crippen molar-refractivity contribution in [3.05, 3.63) is 47.8 Å². The van der Waals surface area contributed by atoms with Crippen LogP contribution in [0.4, 0.5) is 4.79 Å². The molecule has 2 rings (SSSR count). The lowest BCUT2D eigenvalue weighted by Gasteiger charge is -2.15. The molecule has 3 N–H and O–H groups in total. The van der Waals surface area contributed by atoms with Crippen LogP contribution in [0.2, 0.25) is 0 Å². The quantitative estimate of drug-likeness (QED) is 0.801. The summed E-state index contributed by atoms with van der Waals surface area (Å²) in [5.41, 5.74) is 6.67. The van der Waals surface area contributed by atoms with Crippen LogP contribution in [0.15, 0.2) is 47.2 Å². The van der Waals surface area contributed by atoms with Crippen molar-refractivity contribution in [2.24, 2.45) is 10.7 Å². The monoisotopic (exact) mass is 287 g/mol. The van der Waals surface area contributed by atoms with Crippen LogP contribution < -0.4 is 16.4 Å². The molecule has 1 heterocycles. The van der Waals surface area contributed by atoms with Crippen molar-refractivity contribution in [3.63, 3.8) is 0 Å². The van der Waals surface area contributed by atoms with E-state index in [0.717, 1.165) is 5.56 Å². The number of nitrogens with two attached hydrogens (primary N) is 1. The molecule has 1 aromatic carbocycles. The Morgan fingerprint density at radius 3 is 2.67 bits per heavy atom. The number of carbonyl (C=O) groups excluding carboxylic acids is 2. The predicted octanol–water partition coefficient (Wildman–Crippen LogP) is 0.644. The molecule has 1 aliphatic rings. The van der Waals surface area contributed by atoms with Gasteiger partial charge in [0.25, 0.3) is 0 Å². The zero-order chi connectivity index (χ0) is 15.1. The summed E-state index contributed by atoms with van der Waals surface area (Å²) in [4.78, 5) is 26.8. The van der Waals surface area contributed by atoms with Crippen molar-refractivity contribution in [1.29, 1.82) is 0 Å². The largest absolute Gasteiger partial charge is 0.445 e. The van der Waals surface area contributed by atoms with Gasteiger partial charge in [0.15, 0.2) is 0 Å². The smallest absolute Gasteiger partial charge is 0.408 e. The highest BCUT2D eigenvalue weighted by Gasteiger charge is 2.21. The highest BCUT2D eigenvalue weighted by atomic mass is 16.5. The van der Waals surface area contributed by atoms with Gasteiger partial charge in [0, 0.05) is 6.42 Å². The highest BCUT2D eigenvalue weighted by molar-refractivity contribution is 5.84. The number of benzene rings is 1. The average Bonchev–Trinajstić information content (AvgIpc) is 2.98. The maximum atomic E-state index is 11.7. The summed E-state index contributed by atoms with van der Waals surface area (Å²) >= 11 is 0. The standard InChI is InChI=1S/C14H15N4O3/c15-13(19)12(6-11-7-16-9-17-11)18-14(20)21-8-10-4-2-1-3-5-10/h1-5,7,9,12H,6,8H2,(H2,15,19)(H,18,20). The Balaban J connectivity index is 1.82. The van der Waals surface area contributed by atoms with E-state index in [1.165, 1.54) is 12.5 Å². The Kier molecular flexibility index (Phi) is 4.92. The second kappa shape index (κ2) is 7.09. The van der Waals surface area contributed by atoms with Crippen LogP contribution in [-0.4, -0.2) is 24.4 Å². The third kappa shape index (κ3) is 4.64. The molecule has 0 saturated heterocycles. The number of carbonyl (C=O) groups is 2. The summed E-state index contributed by atoms with van der Waals surface area (Å²) in [6.07, 6.45) is 2.34. The minimum atomic E-state index is -0.884. The molecule has 1 aromatic rings. The number of hydrogen-bond acceptors (Lipinski definition) is 4. The van der Waals surface area contributed by atoms with Crippen LogP contribution in [-0.2, 0) is 16.1 Å². The Labute approximate surface area is 121 Å². The molecule has 21 heavy (non-hydrogen) atoms. The first-order valence-corrected chi connectivity index (χ1v) is 6.33. The maximum absolute atomic E-state index is 11.7. The summed E-state index contributed by atoms with van der Waals surface area (Å²) in [6.45, 7) is 0.119. The number of ether oxygens (including phenoxy) is 1. The number of primary amides is 1. The van der Waals surface area contributed by atoms with Gasteiger partial charge in [0.05, 0.1) is 11.9 Å². The molecule has 0 bridgehead atoms. The number of alkyl carbamates (subject to hydrolysis) is 1. The summed E-state index contributed by atoms with van der Waals surface area (Å²) in [5, 5.41) is 6.35. The number of nitrogens with zero attached hydrogens (tertiary/aromatic N) is 2. The van der Waals surface area contributed by atoms with Crippen molar-refractivity contribution >= 4 is 18.3 Å². The van der Waals surface area contributed by atoms with E-state index in [9.17, 15) is 9.59 Å². The van der Waals surface area contributed by atoms with E-state index in [0.29, 0.717) is 5.70 Å². The normalized spacial score (nSPS) is 14.0. The Hall–Kier alpha value is -2.83. The molecule has 0 aliphatic carbocycles. The van der Waals surface area contributed by atoms with Gasteiger partial charge in [-0.25, -0.2) is 15.1 Å². The summed E-state index contributed by atoms with van der Waals surface area (Å²) in [6, 6.07) is 8.34. The first kappa shape index (κ1) is 14.6. The van der Waals surface area contributed by atoms with Gasteiger partial charge in [-0.15, -0.1) is 0 Å². The Morgan fingerprint density at radius 2 is 2.05 bits per heavy atom. The minimum Gasteiger partial charge on any atom is -0.445 e. The Morgan fingerprint density at radius 1 is 1.29 bits per heavy atom. The number of aliphatic imine (C=N–C) groups is 1. The van der Waals surface area contributed by atoms with Crippen LogP contribution in [0.5, 0.6) is 0 Å². The fourth-order valence-electron chi connectivity index (χ4n) is 1.70. The molecule has 109 valence electrons. The zero-order valence-corrected chi connectivity index (χ0v) is 11.2. The third-order valence-electron chi connectivity index (χ3n) is 2.78. The van der Waals surface area contributed by atoms with Gasteiger partial charge in [-0.3, -0.25) is 4.79 Å². The van der Waals surface area contributed by atoms with Crippen LogP contribution in [0.1, 0.15) is 12.0 Å². The molecule has 0 spiro atoms. The summed E-state index contributed by atoms with van der Waals surface area (Å²) < 4.78 is 5.03. The van der Waals surface area contributed by atoms with E-state index < -0.39 is 18.0 Å². The van der Waals surface area contributed by atoms with Gasteiger partial charge in [0.1, 0.15) is 19.0 Å². The van der Waals surface area contributed by atoms with Crippen LogP contribution in [0.25, 0.3) is 0 Å². The first-order valence-electron chi connectivity index (χ1n) is 6.33. The van der Waals surface area contributed by atoms with Gasteiger partial charge >= 0.3 is 6.09 Å². The molecular weight excluding hydrogens is 272 g/mol. The Bertz CT molecular complexity index is 569. The molecule has 1 aliphatic heterocycles. The number of hydrogen-bond donors (Lipinski definition) is 2. The molecule has 1 atom stereocenters. The van der Waals surface area contributed by atoms with Crippen LogP contribution in [0.3, 0.4) is 0 Å². The van der Waals surface area contributed by atoms with Crippen molar-refractivity contribution in [1.82, 2.24) is 10.6 Å². The van der Waals surface area contributed by atoms with E-state index >= 15 is 0 Å². The van der Waals surface area contributed by atoms with Crippen molar-refractivity contribution in [2.75, 3.05) is 0 Å². The van der Waals surface area contributed by atoms with Gasteiger partial charge in [-0.1, -0.05) is 30.3 Å². The highest BCUT2D eigenvalue weighted by Crippen LogP contribution is 2.07. The lowest BCUT2D eigenvalue weighted by Crippen LogP contribution is -2.45. The van der Waals surface area contributed by atoms with Gasteiger partial charge < -0.3 is 15.8 Å². The number of nitrogens with one attached hydrogen (secondary N) is 1. The third-order valence-corrected chi connectivity index (χ3v) is 2.78. The molecule has 2 amide bonds. The van der Waals surface area contributed by atoms with E-state index in [1.807, 2.05) is 30.3 Å². The van der Waals surface area contributed by atoms with Crippen LogP contribution >= 0.6 is 0 Å². The van der Waals surface area contributed by atoms with Gasteiger partial charge in [-0.2, -0.15) is 0 Å². The number of rotatable bonds is 6. The fraction of sp³-hybridized carbons (Fsp3) is 0.214. The number of amides is 2. The molecule has 1 radical (unpaired) electrons. The van der Waals surface area contributed by atoms with Crippen molar-refractivity contribution in [3.8, 4) is 0 Å². The molecular formula is C14H15N4O3. The van der Waals surface area contributed by atoms with Crippen molar-refractivity contribution in [2.45, 2.75) is 19.1 Å². The van der Waals surface area contributed by atoms with Crippen molar-refractivity contribution < 1.29 is 14.3 Å². The van der Waals surface area contributed by atoms with E-state index in [2.05, 4.69) is 15.6 Å². The molecule has 7 heteroatoms. The minimum absolute atomic E-state index is 0.119. The molecule has 0 saturated carbocycles. The van der Waals surface area contributed by atoms with E-state index in [1.54, 1.807) is 0 Å². The second-order valence-corrected chi connectivity index (χ2v) is 4.38. The fourth-order valence-corrected chi connectivity index (χ4v) is 1.70. The summed E-state index contributed by atoms with van der Waals surface area (Å²) in [5.74, 6) is -0.658. The molecule has 0 aromatic heterocycles. The van der Waals surface area contributed by atoms with E-state index in [4.69, 9.17) is 10.5 Å². The zero-order valence-electron chi connectivity index (χ0n) is 11.2. The SMILES string of the molecule is NC(=O)C(CC1=CN=C[N]1)NC(=O)OCc1ccccc1. The maximum Gasteiger partial charge on any atom is 0.408 e. The van der Waals surface area contributed by atoms with Crippen LogP contribution in [0, 0.1) is 0 Å². The van der Waals surface area contributed by atoms with E-state index in [-0.39, 0.29) is 13.0 Å². The first-order chi connectivity index (χ1) is 10.1.